The Kier molecular flexibility index (Phi) is 4.52. The van der Waals surface area contributed by atoms with Gasteiger partial charge in [0.15, 0.2) is 0 Å². The van der Waals surface area contributed by atoms with Crippen molar-refractivity contribution in [1.29, 1.82) is 5.26 Å². The number of piperidine rings is 1. The van der Waals surface area contributed by atoms with Gasteiger partial charge >= 0.3 is 0 Å². The monoisotopic (exact) mass is 261 g/mol. The zero-order valence-electron chi connectivity index (χ0n) is 11.3. The molecule has 2 N–H and O–H groups in total. The quantitative estimate of drug-likeness (QED) is 0.908. The van der Waals surface area contributed by atoms with Crippen molar-refractivity contribution in [2.24, 2.45) is 11.7 Å². The molecule has 1 saturated heterocycles. The normalized spacial score (nSPS) is 24.1. The average molecular weight is 261 g/mol. The second kappa shape index (κ2) is 6.14. The van der Waals surface area contributed by atoms with Crippen LogP contribution in [0.25, 0.3) is 0 Å². The molecule has 1 heterocycles. The van der Waals surface area contributed by atoms with Crippen molar-refractivity contribution in [3.63, 3.8) is 0 Å². The molecule has 102 valence electrons. The summed E-state index contributed by atoms with van der Waals surface area (Å²) in [5.41, 5.74) is 6.86. The molecule has 0 aromatic heterocycles. The standard InChI is InChI=1S/C15H20FN3/c1-11-2-3-13(7-17)10-19(11)9-12-4-5-15(16)14(6-12)8-18/h4-6,11,13H,2-3,7,9-10,17H2,1H3. The van der Waals surface area contributed by atoms with Gasteiger partial charge in [-0.15, -0.1) is 0 Å². The Morgan fingerprint density at radius 1 is 1.47 bits per heavy atom. The fraction of sp³-hybridized carbons (Fsp3) is 0.533. The first-order valence-electron chi connectivity index (χ1n) is 6.76. The summed E-state index contributed by atoms with van der Waals surface area (Å²) in [4.78, 5) is 2.37. The highest BCUT2D eigenvalue weighted by atomic mass is 19.1. The van der Waals surface area contributed by atoms with Crippen LogP contribution in [0.15, 0.2) is 18.2 Å². The van der Waals surface area contributed by atoms with Gasteiger partial charge in [0, 0.05) is 19.1 Å². The highest BCUT2D eigenvalue weighted by Crippen LogP contribution is 2.23. The minimum atomic E-state index is -0.447. The van der Waals surface area contributed by atoms with Gasteiger partial charge in [-0.2, -0.15) is 5.26 Å². The number of halogens is 1. The van der Waals surface area contributed by atoms with E-state index in [4.69, 9.17) is 11.0 Å². The minimum Gasteiger partial charge on any atom is -0.330 e. The first kappa shape index (κ1) is 14.0. The smallest absolute Gasteiger partial charge is 0.140 e. The summed E-state index contributed by atoms with van der Waals surface area (Å²) in [6.45, 7) is 4.67. The fourth-order valence-electron chi connectivity index (χ4n) is 2.67. The maximum absolute atomic E-state index is 13.3. The maximum Gasteiger partial charge on any atom is 0.140 e. The van der Waals surface area contributed by atoms with Gasteiger partial charge in [0.2, 0.25) is 0 Å². The van der Waals surface area contributed by atoms with Crippen LogP contribution in [-0.2, 0) is 6.54 Å². The lowest BCUT2D eigenvalue weighted by molar-refractivity contribution is 0.113. The topological polar surface area (TPSA) is 53.0 Å². The van der Waals surface area contributed by atoms with E-state index in [1.165, 1.54) is 12.5 Å². The van der Waals surface area contributed by atoms with Crippen molar-refractivity contribution in [3.8, 4) is 6.07 Å². The van der Waals surface area contributed by atoms with Crippen LogP contribution >= 0.6 is 0 Å². The number of nitrogens with zero attached hydrogens (tertiary/aromatic N) is 2. The Morgan fingerprint density at radius 3 is 2.95 bits per heavy atom. The van der Waals surface area contributed by atoms with Crippen LogP contribution in [-0.4, -0.2) is 24.0 Å². The third-order valence-electron chi connectivity index (χ3n) is 3.98. The van der Waals surface area contributed by atoms with Crippen molar-refractivity contribution in [2.75, 3.05) is 13.1 Å². The average Bonchev–Trinajstić information content (AvgIpc) is 2.43. The zero-order chi connectivity index (χ0) is 13.8. The molecular weight excluding hydrogens is 241 g/mol. The molecule has 2 rings (SSSR count). The molecule has 2 atom stereocenters. The molecule has 0 radical (unpaired) electrons. The van der Waals surface area contributed by atoms with Gasteiger partial charge in [0.05, 0.1) is 5.56 Å². The van der Waals surface area contributed by atoms with E-state index >= 15 is 0 Å². The number of hydrogen-bond acceptors (Lipinski definition) is 3. The minimum absolute atomic E-state index is 0.123. The molecule has 1 aromatic carbocycles. The van der Waals surface area contributed by atoms with E-state index in [-0.39, 0.29) is 5.56 Å². The van der Waals surface area contributed by atoms with Crippen LogP contribution in [0.3, 0.4) is 0 Å². The summed E-state index contributed by atoms with van der Waals surface area (Å²) in [6.07, 6.45) is 2.33. The third-order valence-corrected chi connectivity index (χ3v) is 3.98. The summed E-state index contributed by atoms with van der Waals surface area (Å²) in [6, 6.07) is 7.19. The molecule has 2 unspecified atom stereocenters. The lowest BCUT2D eigenvalue weighted by Crippen LogP contribution is -2.43. The van der Waals surface area contributed by atoms with Crippen molar-refractivity contribution in [1.82, 2.24) is 4.90 Å². The molecule has 3 nitrogen and oxygen atoms in total. The number of hydrogen-bond donors (Lipinski definition) is 1. The molecule has 4 heteroatoms. The van der Waals surface area contributed by atoms with Gasteiger partial charge in [-0.05, 0) is 49.9 Å². The molecule has 1 fully saturated rings. The lowest BCUT2D eigenvalue weighted by atomic mass is 9.93. The van der Waals surface area contributed by atoms with Gasteiger partial charge < -0.3 is 5.73 Å². The maximum atomic E-state index is 13.3. The van der Waals surface area contributed by atoms with Crippen LogP contribution in [0, 0.1) is 23.1 Å². The molecule has 0 aliphatic carbocycles. The Labute approximate surface area is 113 Å². The predicted molar refractivity (Wildman–Crippen MR) is 72.8 cm³/mol. The molecule has 0 bridgehead atoms. The van der Waals surface area contributed by atoms with E-state index in [0.29, 0.717) is 12.0 Å². The van der Waals surface area contributed by atoms with Crippen molar-refractivity contribution >= 4 is 0 Å². The molecular formula is C15H20FN3. The Balaban J connectivity index is 2.09. The molecule has 0 saturated carbocycles. The van der Waals surface area contributed by atoms with Crippen LogP contribution in [0.2, 0.25) is 0 Å². The van der Waals surface area contributed by atoms with E-state index in [9.17, 15) is 4.39 Å². The van der Waals surface area contributed by atoms with Crippen LogP contribution in [0.1, 0.15) is 30.9 Å². The van der Waals surface area contributed by atoms with E-state index in [2.05, 4.69) is 11.8 Å². The van der Waals surface area contributed by atoms with Gasteiger partial charge in [0.1, 0.15) is 11.9 Å². The van der Waals surface area contributed by atoms with E-state index in [0.717, 1.165) is 31.6 Å². The first-order chi connectivity index (χ1) is 9.13. The zero-order valence-corrected chi connectivity index (χ0v) is 11.3. The first-order valence-corrected chi connectivity index (χ1v) is 6.76. The second-order valence-electron chi connectivity index (χ2n) is 5.38. The Hall–Kier alpha value is -1.44. The Bertz CT molecular complexity index is 481. The number of likely N-dealkylation sites (tertiary alicyclic amines) is 1. The summed E-state index contributed by atoms with van der Waals surface area (Å²) in [5.74, 6) is 0.102. The predicted octanol–water partition coefficient (Wildman–Crippen LogP) is 2.26. The number of rotatable bonds is 3. The van der Waals surface area contributed by atoms with Crippen LogP contribution in [0.5, 0.6) is 0 Å². The fourth-order valence-corrected chi connectivity index (χ4v) is 2.67. The summed E-state index contributed by atoms with van der Waals surface area (Å²) in [5, 5.41) is 8.86. The van der Waals surface area contributed by atoms with Crippen LogP contribution in [0.4, 0.5) is 4.39 Å². The molecule has 1 aliphatic heterocycles. The van der Waals surface area contributed by atoms with Gasteiger partial charge in [0.25, 0.3) is 0 Å². The largest absolute Gasteiger partial charge is 0.330 e. The van der Waals surface area contributed by atoms with Gasteiger partial charge in [-0.1, -0.05) is 6.07 Å². The van der Waals surface area contributed by atoms with E-state index < -0.39 is 5.82 Å². The van der Waals surface area contributed by atoms with E-state index in [1.54, 1.807) is 12.1 Å². The highest BCUT2D eigenvalue weighted by molar-refractivity contribution is 5.34. The molecule has 0 spiro atoms. The number of nitrogens with two attached hydrogens (primary N) is 1. The molecule has 0 amide bonds. The second-order valence-corrected chi connectivity index (χ2v) is 5.38. The summed E-state index contributed by atoms with van der Waals surface area (Å²) >= 11 is 0. The number of nitriles is 1. The van der Waals surface area contributed by atoms with Crippen molar-refractivity contribution in [2.45, 2.75) is 32.4 Å². The third kappa shape index (κ3) is 3.31. The Morgan fingerprint density at radius 2 is 2.26 bits per heavy atom. The highest BCUT2D eigenvalue weighted by Gasteiger charge is 2.24. The molecule has 1 aromatic rings. The van der Waals surface area contributed by atoms with Crippen LogP contribution < -0.4 is 5.73 Å². The van der Waals surface area contributed by atoms with Crippen molar-refractivity contribution < 1.29 is 4.39 Å². The lowest BCUT2D eigenvalue weighted by Gasteiger charge is -2.37. The summed E-state index contributed by atoms with van der Waals surface area (Å²) < 4.78 is 13.3. The van der Waals surface area contributed by atoms with Gasteiger partial charge in [-0.25, -0.2) is 4.39 Å². The van der Waals surface area contributed by atoms with E-state index in [1.807, 2.05) is 6.07 Å². The van der Waals surface area contributed by atoms with Gasteiger partial charge in [-0.3, -0.25) is 4.90 Å². The molecule has 1 aliphatic rings. The number of benzene rings is 1. The van der Waals surface area contributed by atoms with Crippen molar-refractivity contribution in [3.05, 3.63) is 35.1 Å². The molecule has 19 heavy (non-hydrogen) atoms. The summed E-state index contributed by atoms with van der Waals surface area (Å²) in [7, 11) is 0. The SMILES string of the molecule is CC1CCC(CN)CN1Cc1ccc(F)c(C#N)c1.